The Balaban J connectivity index is 2.13. The van der Waals surface area contributed by atoms with Crippen molar-refractivity contribution in [1.82, 2.24) is 4.90 Å². The summed E-state index contributed by atoms with van der Waals surface area (Å²) in [5.41, 5.74) is 5.66. The van der Waals surface area contributed by atoms with Gasteiger partial charge in [0, 0.05) is 25.6 Å². The van der Waals surface area contributed by atoms with Crippen molar-refractivity contribution in [2.45, 2.75) is 52.0 Å². The van der Waals surface area contributed by atoms with Gasteiger partial charge in [0.05, 0.1) is 5.84 Å². The van der Waals surface area contributed by atoms with Gasteiger partial charge in [0.1, 0.15) is 0 Å². The summed E-state index contributed by atoms with van der Waals surface area (Å²) < 4.78 is 0. The summed E-state index contributed by atoms with van der Waals surface area (Å²) in [4.78, 5) is 6.90. The predicted molar refractivity (Wildman–Crippen MR) is 66.3 cm³/mol. The monoisotopic (exact) mass is 211 g/mol. The van der Waals surface area contributed by atoms with Crippen LogP contribution in [0.5, 0.6) is 0 Å². The zero-order chi connectivity index (χ0) is 11.1. The summed E-state index contributed by atoms with van der Waals surface area (Å²) >= 11 is 0. The van der Waals surface area contributed by atoms with E-state index in [1.54, 1.807) is 0 Å². The number of hydrogen-bond acceptors (Lipinski definition) is 2. The highest BCUT2D eigenvalue weighted by molar-refractivity contribution is 5.79. The summed E-state index contributed by atoms with van der Waals surface area (Å²) in [6.45, 7) is 7.73. The predicted octanol–water partition coefficient (Wildman–Crippen LogP) is 2.02. The average Bonchev–Trinajstić information content (AvgIpc) is 2.26. The molecule has 0 saturated carbocycles. The van der Waals surface area contributed by atoms with Crippen LogP contribution in [0.3, 0.4) is 0 Å². The molecule has 1 atom stereocenters. The van der Waals surface area contributed by atoms with Crippen LogP contribution in [0.25, 0.3) is 0 Å². The molecule has 1 heterocycles. The van der Waals surface area contributed by atoms with Crippen molar-refractivity contribution in [3.05, 3.63) is 0 Å². The lowest BCUT2D eigenvalue weighted by atomic mass is 10.0. The summed E-state index contributed by atoms with van der Waals surface area (Å²) in [5.74, 6) is 0.793. The summed E-state index contributed by atoms with van der Waals surface area (Å²) in [5, 5.41) is 0. The Kier molecular flexibility index (Phi) is 5.69. The van der Waals surface area contributed by atoms with Gasteiger partial charge in [0.25, 0.3) is 0 Å². The molecule has 1 saturated heterocycles. The molecule has 3 nitrogen and oxygen atoms in total. The third kappa shape index (κ3) is 4.65. The van der Waals surface area contributed by atoms with E-state index in [1.807, 2.05) is 6.92 Å². The molecule has 0 bridgehead atoms. The van der Waals surface area contributed by atoms with Crippen LogP contribution >= 0.6 is 0 Å². The molecule has 15 heavy (non-hydrogen) atoms. The molecular formula is C12H25N3. The Morgan fingerprint density at radius 2 is 2.27 bits per heavy atom. The maximum absolute atomic E-state index is 5.66. The van der Waals surface area contributed by atoms with Gasteiger partial charge in [0.15, 0.2) is 0 Å². The molecule has 1 aliphatic rings. The zero-order valence-electron chi connectivity index (χ0n) is 10.2. The van der Waals surface area contributed by atoms with Crippen molar-refractivity contribution in [2.24, 2.45) is 10.7 Å². The van der Waals surface area contributed by atoms with Gasteiger partial charge in [-0.25, -0.2) is 0 Å². The lowest BCUT2D eigenvalue weighted by Gasteiger charge is -2.33. The van der Waals surface area contributed by atoms with Crippen LogP contribution in [0.15, 0.2) is 4.99 Å². The van der Waals surface area contributed by atoms with Crippen LogP contribution in [0, 0.1) is 0 Å². The third-order valence-electron chi connectivity index (χ3n) is 3.22. The first-order valence-corrected chi connectivity index (χ1v) is 6.27. The van der Waals surface area contributed by atoms with Crippen molar-refractivity contribution in [3.63, 3.8) is 0 Å². The topological polar surface area (TPSA) is 41.6 Å². The van der Waals surface area contributed by atoms with E-state index in [2.05, 4.69) is 16.8 Å². The average molecular weight is 211 g/mol. The molecule has 1 aliphatic heterocycles. The standard InChI is InChI=1S/C12H25N3/c1-3-12(13)14-8-6-10-15-9-5-4-7-11(15)2/h11H,3-10H2,1-2H3,(H2,13,14). The molecule has 0 aromatic carbocycles. The number of piperidine rings is 1. The smallest absolute Gasteiger partial charge is 0.0934 e. The van der Waals surface area contributed by atoms with Crippen LogP contribution in [-0.4, -0.2) is 36.4 Å². The van der Waals surface area contributed by atoms with E-state index in [0.717, 1.165) is 31.3 Å². The van der Waals surface area contributed by atoms with Gasteiger partial charge in [-0.3, -0.25) is 4.99 Å². The van der Waals surface area contributed by atoms with Crippen molar-refractivity contribution in [3.8, 4) is 0 Å². The van der Waals surface area contributed by atoms with Crippen LogP contribution in [0.1, 0.15) is 46.0 Å². The fourth-order valence-electron chi connectivity index (χ4n) is 2.10. The van der Waals surface area contributed by atoms with Gasteiger partial charge < -0.3 is 10.6 Å². The molecule has 88 valence electrons. The SMILES string of the molecule is CCC(N)=NCCCN1CCCCC1C. The van der Waals surface area contributed by atoms with E-state index in [4.69, 9.17) is 5.73 Å². The molecule has 1 unspecified atom stereocenters. The highest BCUT2D eigenvalue weighted by Gasteiger charge is 2.16. The highest BCUT2D eigenvalue weighted by Crippen LogP contribution is 2.16. The molecule has 1 rings (SSSR count). The number of nitrogens with two attached hydrogens (primary N) is 1. The van der Waals surface area contributed by atoms with Crippen LogP contribution in [-0.2, 0) is 0 Å². The largest absolute Gasteiger partial charge is 0.387 e. The number of likely N-dealkylation sites (tertiary alicyclic amines) is 1. The van der Waals surface area contributed by atoms with E-state index in [0.29, 0.717) is 0 Å². The van der Waals surface area contributed by atoms with Crippen molar-refractivity contribution in [2.75, 3.05) is 19.6 Å². The Morgan fingerprint density at radius 3 is 2.93 bits per heavy atom. The molecule has 0 aliphatic carbocycles. The Bertz CT molecular complexity index is 201. The van der Waals surface area contributed by atoms with E-state index in [-0.39, 0.29) is 0 Å². The maximum Gasteiger partial charge on any atom is 0.0934 e. The van der Waals surface area contributed by atoms with Crippen molar-refractivity contribution in [1.29, 1.82) is 0 Å². The maximum atomic E-state index is 5.66. The minimum absolute atomic E-state index is 0.770. The van der Waals surface area contributed by atoms with Gasteiger partial charge in [-0.2, -0.15) is 0 Å². The lowest BCUT2D eigenvalue weighted by molar-refractivity contribution is 0.160. The summed E-state index contributed by atoms with van der Waals surface area (Å²) in [6.07, 6.45) is 6.15. The molecule has 1 fully saturated rings. The highest BCUT2D eigenvalue weighted by atomic mass is 15.2. The first kappa shape index (κ1) is 12.5. The third-order valence-corrected chi connectivity index (χ3v) is 3.22. The van der Waals surface area contributed by atoms with Gasteiger partial charge in [0.2, 0.25) is 0 Å². The van der Waals surface area contributed by atoms with Crippen LogP contribution in [0.4, 0.5) is 0 Å². The first-order valence-electron chi connectivity index (χ1n) is 6.27. The number of aliphatic imine (C=N–C) groups is 1. The molecule has 0 amide bonds. The molecular weight excluding hydrogens is 186 g/mol. The number of rotatable bonds is 5. The number of amidine groups is 1. The minimum Gasteiger partial charge on any atom is -0.387 e. The van der Waals surface area contributed by atoms with E-state index in [1.165, 1.54) is 32.4 Å². The Labute approximate surface area is 93.7 Å². The second kappa shape index (κ2) is 6.83. The molecule has 0 aromatic heterocycles. The van der Waals surface area contributed by atoms with Gasteiger partial charge in [-0.05, 0) is 32.7 Å². The zero-order valence-corrected chi connectivity index (χ0v) is 10.2. The van der Waals surface area contributed by atoms with Crippen LogP contribution in [0.2, 0.25) is 0 Å². The summed E-state index contributed by atoms with van der Waals surface area (Å²) in [6, 6.07) is 0.770. The van der Waals surface area contributed by atoms with Crippen molar-refractivity contribution >= 4 is 5.84 Å². The van der Waals surface area contributed by atoms with E-state index >= 15 is 0 Å². The molecule has 0 aromatic rings. The minimum atomic E-state index is 0.770. The van der Waals surface area contributed by atoms with E-state index < -0.39 is 0 Å². The second-order valence-corrected chi connectivity index (χ2v) is 4.46. The molecule has 3 heteroatoms. The van der Waals surface area contributed by atoms with Gasteiger partial charge in [-0.1, -0.05) is 13.3 Å². The molecule has 2 N–H and O–H groups in total. The quantitative estimate of drug-likeness (QED) is 0.429. The fraction of sp³-hybridized carbons (Fsp3) is 0.917. The number of hydrogen-bond donors (Lipinski definition) is 1. The lowest BCUT2D eigenvalue weighted by Crippen LogP contribution is -2.38. The Hall–Kier alpha value is -0.570. The number of nitrogens with zero attached hydrogens (tertiary/aromatic N) is 2. The Morgan fingerprint density at radius 1 is 1.47 bits per heavy atom. The van der Waals surface area contributed by atoms with Gasteiger partial charge in [-0.15, -0.1) is 0 Å². The van der Waals surface area contributed by atoms with E-state index in [9.17, 15) is 0 Å². The van der Waals surface area contributed by atoms with Crippen LogP contribution < -0.4 is 5.73 Å². The fourth-order valence-corrected chi connectivity index (χ4v) is 2.10. The normalized spacial score (nSPS) is 24.4. The first-order chi connectivity index (χ1) is 7.24. The van der Waals surface area contributed by atoms with Crippen molar-refractivity contribution < 1.29 is 0 Å². The second-order valence-electron chi connectivity index (χ2n) is 4.46. The summed E-state index contributed by atoms with van der Waals surface area (Å²) in [7, 11) is 0. The molecule has 0 spiro atoms. The molecule has 0 radical (unpaired) electrons. The van der Waals surface area contributed by atoms with Gasteiger partial charge >= 0.3 is 0 Å².